The fraction of sp³-hybridized carbons (Fsp3) is 0.0625. The molecule has 0 bridgehead atoms. The first-order chi connectivity index (χ1) is 9.79. The van der Waals surface area contributed by atoms with Crippen LogP contribution in [0.3, 0.4) is 0 Å². The van der Waals surface area contributed by atoms with Crippen molar-refractivity contribution in [1.82, 2.24) is 9.38 Å². The largest absolute Gasteiger partial charge is 0.479 e. The average molecular weight is 327 g/mol. The third-order valence-corrected chi connectivity index (χ3v) is 3.82. The fourth-order valence-electron chi connectivity index (χ4n) is 2.40. The molecule has 98 valence electrons. The lowest BCUT2D eigenvalue weighted by atomic mass is 10.1. The number of halogens is 1. The molecule has 0 spiro atoms. The standard InChI is InChI=1S/C16H11BrN2O/c17-12-7-13-8-14(18-10-19(13)9-12)16-6-5-11-3-1-2-4-15(11)20-16/h1-10,16H. The van der Waals surface area contributed by atoms with E-state index in [1.807, 2.05) is 53.3 Å². The van der Waals surface area contributed by atoms with E-state index < -0.39 is 0 Å². The molecule has 3 nitrogen and oxygen atoms in total. The van der Waals surface area contributed by atoms with Gasteiger partial charge in [-0.25, -0.2) is 4.98 Å². The van der Waals surface area contributed by atoms with E-state index >= 15 is 0 Å². The van der Waals surface area contributed by atoms with Gasteiger partial charge in [0.05, 0.1) is 12.0 Å². The van der Waals surface area contributed by atoms with Gasteiger partial charge in [-0.05, 0) is 40.2 Å². The number of hydrogen-bond acceptors (Lipinski definition) is 2. The molecule has 2 aromatic heterocycles. The maximum Gasteiger partial charge on any atom is 0.159 e. The summed E-state index contributed by atoms with van der Waals surface area (Å²) in [6, 6.07) is 12.1. The van der Waals surface area contributed by atoms with Crippen molar-refractivity contribution in [2.75, 3.05) is 0 Å². The van der Waals surface area contributed by atoms with Crippen LogP contribution in [-0.2, 0) is 0 Å². The van der Waals surface area contributed by atoms with E-state index in [0.29, 0.717) is 0 Å². The second-order valence-electron chi connectivity index (χ2n) is 4.74. The summed E-state index contributed by atoms with van der Waals surface area (Å²) < 4.78 is 9.03. The van der Waals surface area contributed by atoms with E-state index in [4.69, 9.17) is 4.74 Å². The summed E-state index contributed by atoms with van der Waals surface area (Å²) in [5.41, 5.74) is 3.11. The molecule has 0 radical (unpaired) electrons. The van der Waals surface area contributed by atoms with E-state index in [1.165, 1.54) is 0 Å². The minimum atomic E-state index is -0.136. The van der Waals surface area contributed by atoms with Crippen LogP contribution in [0.5, 0.6) is 5.75 Å². The van der Waals surface area contributed by atoms with Crippen LogP contribution >= 0.6 is 15.9 Å². The first kappa shape index (κ1) is 11.7. The van der Waals surface area contributed by atoms with Gasteiger partial charge in [0.15, 0.2) is 6.10 Å². The number of nitrogens with zero attached hydrogens (tertiary/aromatic N) is 2. The highest BCUT2D eigenvalue weighted by Gasteiger charge is 2.17. The van der Waals surface area contributed by atoms with Crippen molar-refractivity contribution in [3.8, 4) is 5.75 Å². The Hall–Kier alpha value is -2.07. The van der Waals surface area contributed by atoms with Crippen LogP contribution in [0.4, 0.5) is 0 Å². The zero-order chi connectivity index (χ0) is 13.5. The molecule has 0 saturated carbocycles. The van der Waals surface area contributed by atoms with Crippen molar-refractivity contribution in [2.45, 2.75) is 6.10 Å². The molecule has 1 unspecified atom stereocenters. The van der Waals surface area contributed by atoms with Gasteiger partial charge in [0.2, 0.25) is 0 Å². The van der Waals surface area contributed by atoms with Crippen LogP contribution in [0.1, 0.15) is 17.4 Å². The lowest BCUT2D eigenvalue weighted by Gasteiger charge is -2.21. The van der Waals surface area contributed by atoms with Crippen molar-refractivity contribution in [3.63, 3.8) is 0 Å². The van der Waals surface area contributed by atoms with Gasteiger partial charge < -0.3 is 9.14 Å². The van der Waals surface area contributed by atoms with E-state index in [9.17, 15) is 0 Å². The quantitative estimate of drug-likeness (QED) is 0.668. The molecule has 4 heteroatoms. The predicted octanol–water partition coefficient (Wildman–Crippen LogP) is 4.24. The van der Waals surface area contributed by atoms with Gasteiger partial charge in [-0.2, -0.15) is 0 Å². The first-order valence-corrected chi connectivity index (χ1v) is 7.16. The minimum absolute atomic E-state index is 0.136. The molecule has 0 fully saturated rings. The molecule has 20 heavy (non-hydrogen) atoms. The highest BCUT2D eigenvalue weighted by atomic mass is 79.9. The zero-order valence-electron chi connectivity index (χ0n) is 10.5. The summed E-state index contributed by atoms with van der Waals surface area (Å²) in [4.78, 5) is 4.48. The van der Waals surface area contributed by atoms with E-state index in [0.717, 1.165) is 27.0 Å². The maximum absolute atomic E-state index is 6.00. The predicted molar refractivity (Wildman–Crippen MR) is 81.7 cm³/mol. The molecule has 1 atom stereocenters. The van der Waals surface area contributed by atoms with Crippen LogP contribution in [0.25, 0.3) is 11.6 Å². The number of ether oxygens (including phenoxy) is 1. The maximum atomic E-state index is 6.00. The molecule has 4 rings (SSSR count). The molecule has 0 saturated heterocycles. The second kappa shape index (κ2) is 4.49. The third kappa shape index (κ3) is 1.93. The van der Waals surface area contributed by atoms with Crippen LogP contribution in [-0.4, -0.2) is 9.38 Å². The summed E-state index contributed by atoms with van der Waals surface area (Å²) in [7, 11) is 0. The fourth-order valence-corrected chi connectivity index (χ4v) is 2.86. The van der Waals surface area contributed by atoms with Crippen LogP contribution in [0.2, 0.25) is 0 Å². The number of para-hydroxylation sites is 1. The molecule has 1 aliphatic rings. The summed E-state index contributed by atoms with van der Waals surface area (Å²) in [5, 5.41) is 0. The molecule has 1 aromatic carbocycles. The highest BCUT2D eigenvalue weighted by molar-refractivity contribution is 9.10. The molecular weight excluding hydrogens is 316 g/mol. The van der Waals surface area contributed by atoms with Crippen molar-refractivity contribution in [2.24, 2.45) is 0 Å². The molecule has 3 heterocycles. The number of rotatable bonds is 1. The lowest BCUT2D eigenvalue weighted by Crippen LogP contribution is -2.10. The second-order valence-corrected chi connectivity index (χ2v) is 5.66. The monoisotopic (exact) mass is 326 g/mol. The molecule has 0 amide bonds. The normalized spacial score (nSPS) is 16.9. The summed E-state index contributed by atoms with van der Waals surface area (Å²) in [5.74, 6) is 0.901. The Labute approximate surface area is 124 Å². The number of aromatic nitrogens is 2. The number of fused-ring (bicyclic) bond motifs is 2. The number of benzene rings is 1. The molecule has 0 aliphatic carbocycles. The van der Waals surface area contributed by atoms with Gasteiger partial charge in [-0.15, -0.1) is 0 Å². The Kier molecular flexibility index (Phi) is 2.63. The van der Waals surface area contributed by atoms with E-state index in [-0.39, 0.29) is 6.10 Å². The van der Waals surface area contributed by atoms with Gasteiger partial charge in [-0.1, -0.05) is 24.3 Å². The summed E-state index contributed by atoms with van der Waals surface area (Å²) in [6.07, 6.45) is 7.79. The average Bonchev–Trinajstić information content (AvgIpc) is 2.85. The Morgan fingerprint density at radius 3 is 3.05 bits per heavy atom. The lowest BCUT2D eigenvalue weighted by molar-refractivity contribution is 0.246. The van der Waals surface area contributed by atoms with E-state index in [2.05, 4.69) is 33.1 Å². The zero-order valence-corrected chi connectivity index (χ0v) is 12.1. The minimum Gasteiger partial charge on any atom is -0.479 e. The van der Waals surface area contributed by atoms with E-state index in [1.54, 1.807) is 0 Å². The van der Waals surface area contributed by atoms with Crippen molar-refractivity contribution in [3.05, 3.63) is 70.7 Å². The topological polar surface area (TPSA) is 26.5 Å². The smallest absolute Gasteiger partial charge is 0.159 e. The summed E-state index contributed by atoms with van der Waals surface area (Å²) in [6.45, 7) is 0. The highest BCUT2D eigenvalue weighted by Crippen LogP contribution is 2.32. The van der Waals surface area contributed by atoms with Crippen LogP contribution in [0.15, 0.2) is 59.5 Å². The van der Waals surface area contributed by atoms with Gasteiger partial charge >= 0.3 is 0 Å². The Bertz CT molecular complexity index is 822. The van der Waals surface area contributed by atoms with Gasteiger partial charge in [-0.3, -0.25) is 0 Å². The van der Waals surface area contributed by atoms with Crippen molar-refractivity contribution >= 4 is 27.5 Å². The Morgan fingerprint density at radius 1 is 1.20 bits per heavy atom. The number of hydrogen-bond donors (Lipinski definition) is 0. The van der Waals surface area contributed by atoms with Gasteiger partial charge in [0, 0.05) is 21.7 Å². The Morgan fingerprint density at radius 2 is 2.10 bits per heavy atom. The summed E-state index contributed by atoms with van der Waals surface area (Å²) >= 11 is 3.47. The molecule has 1 aliphatic heterocycles. The van der Waals surface area contributed by atoms with Crippen molar-refractivity contribution < 1.29 is 4.74 Å². The van der Waals surface area contributed by atoms with Crippen LogP contribution in [0, 0.1) is 0 Å². The first-order valence-electron chi connectivity index (χ1n) is 6.37. The SMILES string of the molecule is Brc1cc2cc(C3C=Cc4ccccc4O3)ncn2c1. The van der Waals surface area contributed by atoms with Crippen molar-refractivity contribution in [1.29, 1.82) is 0 Å². The third-order valence-electron chi connectivity index (χ3n) is 3.39. The van der Waals surface area contributed by atoms with Gasteiger partial charge in [0.1, 0.15) is 5.75 Å². The molecular formula is C16H11BrN2O. The molecule has 3 aromatic rings. The van der Waals surface area contributed by atoms with Crippen LogP contribution < -0.4 is 4.74 Å². The Balaban J connectivity index is 1.74. The van der Waals surface area contributed by atoms with Gasteiger partial charge in [0.25, 0.3) is 0 Å². The molecule has 0 N–H and O–H groups in total.